The molecular weight excluding hydrogens is 223 g/mol. The van der Waals surface area contributed by atoms with E-state index in [0.29, 0.717) is 6.08 Å². The molecule has 0 spiro atoms. The largest absolute Gasteiger partial charge is 0.306 e. The van der Waals surface area contributed by atoms with E-state index in [9.17, 15) is 19.4 Å². The fourth-order valence-corrected chi connectivity index (χ4v) is 1.90. The zero-order chi connectivity index (χ0) is 11.5. The first-order chi connectivity index (χ1) is 6.01. The Balaban J connectivity index is 4.80. The standard InChI is InChI=1S/C8H13F5S/c1-3-5-6-7-8(4-2)14(9,10,11,12)13/h3-5H,6-7H2,1-2H3/b5-3-,8-4+. The van der Waals surface area contributed by atoms with Crippen molar-refractivity contribution in [3.05, 3.63) is 23.1 Å². The van der Waals surface area contributed by atoms with Crippen molar-refractivity contribution in [2.75, 3.05) is 0 Å². The van der Waals surface area contributed by atoms with Gasteiger partial charge in [0, 0.05) is 0 Å². The van der Waals surface area contributed by atoms with E-state index in [4.69, 9.17) is 0 Å². The molecule has 0 heterocycles. The van der Waals surface area contributed by atoms with Crippen molar-refractivity contribution < 1.29 is 19.4 Å². The molecule has 14 heavy (non-hydrogen) atoms. The van der Waals surface area contributed by atoms with Gasteiger partial charge in [0.05, 0.1) is 4.91 Å². The molecule has 0 aliphatic rings. The minimum Gasteiger partial charge on any atom is -0.0939 e. The highest BCUT2D eigenvalue weighted by atomic mass is 32.5. The van der Waals surface area contributed by atoms with E-state index in [2.05, 4.69) is 0 Å². The molecule has 0 radical (unpaired) electrons. The summed E-state index contributed by atoms with van der Waals surface area (Å²) in [6, 6.07) is 0. The number of hydrogen-bond donors (Lipinski definition) is 0. The van der Waals surface area contributed by atoms with Crippen LogP contribution in [-0.2, 0) is 0 Å². The lowest BCUT2D eigenvalue weighted by atomic mass is 10.3. The van der Waals surface area contributed by atoms with E-state index in [1.54, 1.807) is 6.92 Å². The van der Waals surface area contributed by atoms with Gasteiger partial charge in [-0.15, -0.1) is 0 Å². The quantitative estimate of drug-likeness (QED) is 0.443. The second-order valence-electron chi connectivity index (χ2n) is 2.83. The number of hydrogen-bond acceptors (Lipinski definition) is 0. The summed E-state index contributed by atoms with van der Waals surface area (Å²) in [5.41, 5.74) is 0. The summed E-state index contributed by atoms with van der Waals surface area (Å²) in [5, 5.41) is 0. The Kier molecular flexibility index (Phi) is 3.13. The maximum Gasteiger partial charge on any atom is 0.306 e. The molecule has 0 rings (SSSR count). The summed E-state index contributed by atoms with van der Waals surface area (Å²) in [6.07, 6.45) is 2.71. The van der Waals surface area contributed by atoms with Crippen molar-refractivity contribution in [2.45, 2.75) is 26.7 Å². The molecule has 6 heteroatoms. The van der Waals surface area contributed by atoms with Crippen LogP contribution in [0.3, 0.4) is 0 Å². The number of allylic oxidation sites excluding steroid dienone is 4. The normalized spacial score (nSPS) is 19.5. The molecule has 0 unspecified atom stereocenters. The predicted octanol–water partition coefficient (Wildman–Crippen LogP) is 5.55. The summed E-state index contributed by atoms with van der Waals surface area (Å²) in [6.45, 7) is 2.60. The molecule has 0 amide bonds. The molecule has 86 valence electrons. The Bertz CT molecular complexity index is 257. The van der Waals surface area contributed by atoms with Crippen molar-refractivity contribution in [3.8, 4) is 0 Å². The average Bonchev–Trinajstić information content (AvgIpc) is 1.92. The second kappa shape index (κ2) is 3.25. The van der Waals surface area contributed by atoms with E-state index in [-0.39, 0.29) is 6.42 Å². The fourth-order valence-electron chi connectivity index (χ4n) is 0.952. The Labute approximate surface area is 80.2 Å². The van der Waals surface area contributed by atoms with Crippen LogP contribution in [0.15, 0.2) is 23.1 Å². The first kappa shape index (κ1) is 13.5. The van der Waals surface area contributed by atoms with Gasteiger partial charge in [-0.25, -0.2) is 0 Å². The first-order valence-corrected chi connectivity index (χ1v) is 5.97. The molecule has 0 atom stereocenters. The van der Waals surface area contributed by atoms with Crippen LogP contribution >= 0.6 is 10.2 Å². The highest BCUT2D eigenvalue weighted by molar-refractivity contribution is 8.48. The molecular formula is C8H13F5S. The zero-order valence-electron chi connectivity index (χ0n) is 7.94. The number of halogens is 5. The maximum absolute atomic E-state index is 12.2. The van der Waals surface area contributed by atoms with E-state index in [1.807, 2.05) is 0 Å². The molecule has 0 saturated carbocycles. The smallest absolute Gasteiger partial charge is 0.0939 e. The number of rotatable bonds is 4. The summed E-state index contributed by atoms with van der Waals surface area (Å²) in [5.74, 6) is 0. The molecule has 0 nitrogen and oxygen atoms in total. The topological polar surface area (TPSA) is 0 Å². The van der Waals surface area contributed by atoms with Crippen LogP contribution in [0.2, 0.25) is 0 Å². The van der Waals surface area contributed by atoms with Gasteiger partial charge in [0.1, 0.15) is 0 Å². The first-order valence-electron chi connectivity index (χ1n) is 4.01. The van der Waals surface area contributed by atoms with E-state index < -0.39 is 21.5 Å². The molecule has 0 aromatic rings. The van der Waals surface area contributed by atoms with Gasteiger partial charge in [-0.1, -0.05) is 37.7 Å². The molecule has 0 aliphatic carbocycles. The van der Waals surface area contributed by atoms with Crippen molar-refractivity contribution in [1.29, 1.82) is 0 Å². The summed E-state index contributed by atoms with van der Waals surface area (Å²) >= 11 is 0. The van der Waals surface area contributed by atoms with Crippen LogP contribution in [0, 0.1) is 0 Å². The molecule has 0 bridgehead atoms. The van der Waals surface area contributed by atoms with Crippen LogP contribution in [-0.4, -0.2) is 0 Å². The van der Waals surface area contributed by atoms with E-state index >= 15 is 0 Å². The molecule has 0 aliphatic heterocycles. The SMILES string of the molecule is C/C=C\CC/C(=C\C)S(F)(F)(F)(F)F. The third-order valence-electron chi connectivity index (χ3n) is 1.61. The van der Waals surface area contributed by atoms with Crippen LogP contribution in [0.25, 0.3) is 0 Å². The highest BCUT2D eigenvalue weighted by Crippen LogP contribution is 3.02. The Hall–Kier alpha value is -0.520. The van der Waals surface area contributed by atoms with Crippen molar-refractivity contribution in [2.24, 2.45) is 0 Å². The van der Waals surface area contributed by atoms with Crippen LogP contribution in [0.5, 0.6) is 0 Å². The lowest BCUT2D eigenvalue weighted by Gasteiger charge is -2.42. The molecule has 0 N–H and O–H groups in total. The molecule has 0 fully saturated rings. The van der Waals surface area contributed by atoms with Crippen LogP contribution < -0.4 is 0 Å². The Morgan fingerprint density at radius 1 is 1.07 bits per heavy atom. The summed E-state index contributed by atoms with van der Waals surface area (Å²) < 4.78 is 61.1. The van der Waals surface area contributed by atoms with Crippen molar-refractivity contribution in [1.82, 2.24) is 0 Å². The molecule has 0 aromatic heterocycles. The van der Waals surface area contributed by atoms with Gasteiger partial charge in [-0.2, -0.15) is 0 Å². The van der Waals surface area contributed by atoms with Gasteiger partial charge < -0.3 is 0 Å². The third-order valence-corrected chi connectivity index (χ3v) is 3.04. The Morgan fingerprint density at radius 3 is 1.86 bits per heavy atom. The summed E-state index contributed by atoms with van der Waals surface area (Å²) in [7, 11) is -9.41. The van der Waals surface area contributed by atoms with Gasteiger partial charge in [0.2, 0.25) is 0 Å². The van der Waals surface area contributed by atoms with Crippen molar-refractivity contribution >= 4 is 10.2 Å². The molecule has 0 aromatic carbocycles. The predicted molar refractivity (Wildman–Crippen MR) is 50.9 cm³/mol. The van der Waals surface area contributed by atoms with Gasteiger partial charge in [-0.3, -0.25) is 0 Å². The lowest BCUT2D eigenvalue weighted by Crippen LogP contribution is -2.08. The van der Waals surface area contributed by atoms with Gasteiger partial charge in [-0.05, 0) is 26.7 Å². The minimum absolute atomic E-state index is 0.0260. The van der Waals surface area contributed by atoms with Crippen LogP contribution in [0.4, 0.5) is 19.4 Å². The highest BCUT2D eigenvalue weighted by Gasteiger charge is 2.66. The summed E-state index contributed by atoms with van der Waals surface area (Å²) in [4.78, 5) is -1.69. The zero-order valence-corrected chi connectivity index (χ0v) is 8.76. The third kappa shape index (κ3) is 4.64. The Morgan fingerprint density at radius 2 is 1.57 bits per heavy atom. The minimum atomic E-state index is -9.41. The second-order valence-corrected chi connectivity index (χ2v) is 5.29. The van der Waals surface area contributed by atoms with E-state index in [0.717, 1.165) is 6.92 Å². The monoisotopic (exact) mass is 236 g/mol. The fraction of sp³-hybridized carbons (Fsp3) is 0.500. The van der Waals surface area contributed by atoms with Gasteiger partial charge >= 0.3 is 10.2 Å². The van der Waals surface area contributed by atoms with Gasteiger partial charge in [0.15, 0.2) is 0 Å². The van der Waals surface area contributed by atoms with Crippen LogP contribution in [0.1, 0.15) is 26.7 Å². The maximum atomic E-state index is 12.2. The van der Waals surface area contributed by atoms with Crippen molar-refractivity contribution in [3.63, 3.8) is 0 Å². The molecule has 0 saturated heterocycles. The average molecular weight is 236 g/mol. The van der Waals surface area contributed by atoms with E-state index in [1.165, 1.54) is 12.2 Å². The lowest BCUT2D eigenvalue weighted by molar-refractivity contribution is 0.375. The van der Waals surface area contributed by atoms with Gasteiger partial charge in [0.25, 0.3) is 0 Å².